The average molecular weight is 467 g/mol. The van der Waals surface area contributed by atoms with Crippen LogP contribution in [0.4, 0.5) is 28.9 Å². The van der Waals surface area contributed by atoms with Gasteiger partial charge in [-0.2, -0.15) is 5.26 Å². The van der Waals surface area contributed by atoms with Gasteiger partial charge in [0.05, 0.1) is 22.9 Å². The Balaban J connectivity index is 1.72. The summed E-state index contributed by atoms with van der Waals surface area (Å²) in [6, 6.07) is 17.2. The van der Waals surface area contributed by atoms with Crippen molar-refractivity contribution >= 4 is 28.8 Å². The van der Waals surface area contributed by atoms with Gasteiger partial charge >= 0.3 is 6.36 Å². The molecule has 0 aliphatic carbocycles. The molecule has 1 N–H and O–H groups in total. The molecule has 0 radical (unpaired) electrons. The van der Waals surface area contributed by atoms with Crippen LogP contribution in [0.1, 0.15) is 11.1 Å². The summed E-state index contributed by atoms with van der Waals surface area (Å²) in [6.07, 6.45) is -4.86. The second-order valence-electron chi connectivity index (χ2n) is 7.06. The molecule has 0 bridgehead atoms. The Bertz CT molecular complexity index is 1320. The number of hydrogen-bond acceptors (Lipinski definition) is 5. The predicted molar refractivity (Wildman–Crippen MR) is 114 cm³/mol. The number of imide groups is 1. The minimum absolute atomic E-state index is 0.0509. The highest BCUT2D eigenvalue weighted by Crippen LogP contribution is 2.34. The van der Waals surface area contributed by atoms with E-state index in [0.29, 0.717) is 5.56 Å². The molecule has 0 saturated carbocycles. The first-order chi connectivity index (χ1) is 16.2. The second kappa shape index (κ2) is 8.71. The van der Waals surface area contributed by atoms with Gasteiger partial charge in [-0.1, -0.05) is 12.1 Å². The molecule has 0 spiro atoms. The number of alkyl halides is 3. The Morgan fingerprint density at radius 3 is 2.03 bits per heavy atom. The smallest absolute Gasteiger partial charge is 0.406 e. The Morgan fingerprint density at radius 2 is 1.47 bits per heavy atom. The molecule has 0 aromatic heterocycles. The number of hydrogen-bond donors (Lipinski definition) is 1. The van der Waals surface area contributed by atoms with Gasteiger partial charge < -0.3 is 10.1 Å². The summed E-state index contributed by atoms with van der Waals surface area (Å²) in [4.78, 5) is 27.4. The molecule has 34 heavy (non-hydrogen) atoms. The normalized spacial score (nSPS) is 13.8. The van der Waals surface area contributed by atoms with Gasteiger partial charge in [-0.3, -0.25) is 9.59 Å². The highest BCUT2D eigenvalue weighted by atomic mass is 19.4. The Kier molecular flexibility index (Phi) is 5.77. The van der Waals surface area contributed by atoms with Crippen molar-refractivity contribution in [2.75, 3.05) is 10.2 Å². The summed E-state index contributed by atoms with van der Waals surface area (Å²) in [5, 5.41) is 11.8. The first-order valence-electron chi connectivity index (χ1n) is 9.68. The maximum Gasteiger partial charge on any atom is 0.573 e. The molecule has 4 rings (SSSR count). The van der Waals surface area contributed by atoms with Crippen LogP contribution >= 0.6 is 0 Å². The van der Waals surface area contributed by atoms with E-state index in [9.17, 15) is 27.2 Å². The maximum atomic E-state index is 13.4. The van der Waals surface area contributed by atoms with E-state index in [1.807, 2.05) is 6.07 Å². The lowest BCUT2D eigenvalue weighted by atomic mass is 10.0. The summed E-state index contributed by atoms with van der Waals surface area (Å²) in [5.41, 5.74) is 0.811. The van der Waals surface area contributed by atoms with Gasteiger partial charge in [-0.05, 0) is 66.2 Å². The molecule has 3 aromatic rings. The van der Waals surface area contributed by atoms with Crippen molar-refractivity contribution in [3.05, 3.63) is 95.4 Å². The van der Waals surface area contributed by atoms with Crippen LogP contribution in [0, 0.1) is 17.1 Å². The zero-order valence-corrected chi connectivity index (χ0v) is 17.1. The molecule has 0 fully saturated rings. The molecule has 170 valence electrons. The van der Waals surface area contributed by atoms with E-state index < -0.39 is 29.7 Å². The van der Waals surface area contributed by atoms with Crippen LogP contribution in [0.5, 0.6) is 5.75 Å². The number of ether oxygens (including phenoxy) is 1. The van der Waals surface area contributed by atoms with Crippen molar-refractivity contribution in [1.82, 2.24) is 0 Å². The second-order valence-corrected chi connectivity index (χ2v) is 7.06. The van der Waals surface area contributed by atoms with Crippen molar-refractivity contribution < 1.29 is 31.9 Å². The van der Waals surface area contributed by atoms with E-state index >= 15 is 0 Å². The largest absolute Gasteiger partial charge is 0.573 e. The standard InChI is InChI=1S/C24H13F4N3O3/c25-16-5-3-15(4-6-16)20-21(30-17-7-11-19(12-8-17)34-24(26,27)28)23(33)31(22(20)32)18-9-1-14(13-29)2-10-18/h1-12,30H. The van der Waals surface area contributed by atoms with Gasteiger partial charge in [0.15, 0.2) is 0 Å². The first-order valence-corrected chi connectivity index (χ1v) is 9.68. The van der Waals surface area contributed by atoms with Crippen LogP contribution in [0.2, 0.25) is 0 Å². The van der Waals surface area contributed by atoms with E-state index in [2.05, 4.69) is 10.1 Å². The number of amides is 2. The summed E-state index contributed by atoms with van der Waals surface area (Å²) in [5.74, 6) is -2.43. The van der Waals surface area contributed by atoms with E-state index in [1.54, 1.807) is 0 Å². The Morgan fingerprint density at radius 1 is 0.853 bits per heavy atom. The van der Waals surface area contributed by atoms with Crippen molar-refractivity contribution in [2.45, 2.75) is 6.36 Å². The number of nitrogens with one attached hydrogen (secondary N) is 1. The zero-order chi connectivity index (χ0) is 24.5. The quantitative estimate of drug-likeness (QED) is 0.422. The molecule has 6 nitrogen and oxygen atoms in total. The fraction of sp³-hybridized carbons (Fsp3) is 0.0417. The van der Waals surface area contributed by atoms with Crippen LogP contribution in [-0.2, 0) is 9.59 Å². The summed E-state index contributed by atoms with van der Waals surface area (Å²) >= 11 is 0. The topological polar surface area (TPSA) is 82.4 Å². The highest BCUT2D eigenvalue weighted by molar-refractivity contribution is 6.46. The lowest BCUT2D eigenvalue weighted by Crippen LogP contribution is -2.32. The third-order valence-electron chi connectivity index (χ3n) is 4.83. The Labute approximate surface area is 190 Å². The van der Waals surface area contributed by atoms with Crippen LogP contribution < -0.4 is 15.0 Å². The van der Waals surface area contributed by atoms with Crippen LogP contribution in [-0.4, -0.2) is 18.2 Å². The monoisotopic (exact) mass is 467 g/mol. The molecular formula is C24H13F4N3O3. The van der Waals surface area contributed by atoms with Gasteiger partial charge in [0.2, 0.25) is 0 Å². The van der Waals surface area contributed by atoms with E-state index in [4.69, 9.17) is 5.26 Å². The van der Waals surface area contributed by atoms with Crippen LogP contribution in [0.3, 0.4) is 0 Å². The highest BCUT2D eigenvalue weighted by Gasteiger charge is 2.40. The molecule has 0 atom stereocenters. The molecule has 0 unspecified atom stereocenters. The van der Waals surface area contributed by atoms with Crippen LogP contribution in [0.25, 0.3) is 5.57 Å². The lowest BCUT2D eigenvalue weighted by Gasteiger charge is -2.15. The number of carbonyl (C=O) groups is 2. The van der Waals surface area contributed by atoms with Gasteiger partial charge in [0.1, 0.15) is 17.3 Å². The third kappa shape index (κ3) is 4.59. The fourth-order valence-electron chi connectivity index (χ4n) is 3.33. The number of rotatable bonds is 5. The molecule has 0 saturated heterocycles. The van der Waals surface area contributed by atoms with Crippen LogP contribution in [0.15, 0.2) is 78.5 Å². The van der Waals surface area contributed by atoms with Gasteiger partial charge in [-0.25, -0.2) is 9.29 Å². The van der Waals surface area contributed by atoms with Crippen molar-refractivity contribution in [3.63, 3.8) is 0 Å². The summed E-state index contributed by atoms with van der Waals surface area (Å²) in [7, 11) is 0. The van der Waals surface area contributed by atoms with Gasteiger partial charge in [0, 0.05) is 5.69 Å². The molecule has 2 amide bonds. The first kappa shape index (κ1) is 22.5. The molecular weight excluding hydrogens is 454 g/mol. The van der Waals surface area contributed by atoms with Crippen molar-refractivity contribution in [2.24, 2.45) is 0 Å². The minimum atomic E-state index is -4.86. The zero-order valence-electron chi connectivity index (χ0n) is 17.1. The number of benzene rings is 3. The number of halogens is 4. The number of nitriles is 1. The summed E-state index contributed by atoms with van der Waals surface area (Å²) in [6.45, 7) is 0. The average Bonchev–Trinajstić information content (AvgIpc) is 3.04. The third-order valence-corrected chi connectivity index (χ3v) is 4.83. The minimum Gasteiger partial charge on any atom is -0.406 e. The fourth-order valence-corrected chi connectivity index (χ4v) is 3.33. The van der Waals surface area contributed by atoms with Gasteiger partial charge in [-0.15, -0.1) is 13.2 Å². The number of anilines is 2. The number of carbonyl (C=O) groups excluding carboxylic acids is 2. The lowest BCUT2D eigenvalue weighted by molar-refractivity contribution is -0.274. The molecule has 1 aliphatic heterocycles. The van der Waals surface area contributed by atoms with E-state index in [-0.39, 0.29) is 28.2 Å². The summed E-state index contributed by atoms with van der Waals surface area (Å²) < 4.78 is 54.5. The molecule has 10 heteroatoms. The molecule has 1 aliphatic rings. The molecule has 3 aromatic carbocycles. The molecule has 1 heterocycles. The predicted octanol–water partition coefficient (Wildman–Crippen LogP) is 4.99. The maximum absolute atomic E-state index is 13.4. The van der Waals surface area contributed by atoms with E-state index in [0.717, 1.165) is 29.2 Å². The Hall–Kier alpha value is -4.65. The van der Waals surface area contributed by atoms with Crippen molar-refractivity contribution in [1.29, 1.82) is 5.26 Å². The van der Waals surface area contributed by atoms with E-state index in [1.165, 1.54) is 48.5 Å². The SMILES string of the molecule is N#Cc1ccc(N2C(=O)C(Nc3ccc(OC(F)(F)F)cc3)=C(c3ccc(F)cc3)C2=O)cc1. The van der Waals surface area contributed by atoms with Crippen molar-refractivity contribution in [3.8, 4) is 11.8 Å². The van der Waals surface area contributed by atoms with Gasteiger partial charge in [0.25, 0.3) is 11.8 Å². The number of nitrogens with zero attached hydrogens (tertiary/aromatic N) is 2.